The molecular formula is C17H18N2OS. The Morgan fingerprint density at radius 2 is 1.86 bits per heavy atom. The van der Waals surface area contributed by atoms with Crippen LogP contribution in [-0.2, 0) is 6.42 Å². The van der Waals surface area contributed by atoms with E-state index in [0.717, 1.165) is 33.6 Å². The third kappa shape index (κ3) is 2.77. The van der Waals surface area contributed by atoms with Gasteiger partial charge in [0, 0.05) is 0 Å². The quantitative estimate of drug-likeness (QED) is 0.772. The Bertz CT molecular complexity index is 738. The summed E-state index contributed by atoms with van der Waals surface area (Å²) in [5.74, 6) is 0.368. The molecule has 0 saturated carbocycles. The number of fused-ring (bicyclic) bond motifs is 1. The van der Waals surface area contributed by atoms with Crippen LogP contribution in [0.25, 0.3) is 10.2 Å². The minimum Gasteiger partial charge on any atom is -0.507 e. The number of rotatable bonds is 3. The van der Waals surface area contributed by atoms with E-state index in [9.17, 15) is 5.11 Å². The zero-order chi connectivity index (χ0) is 15.0. The zero-order valence-electron chi connectivity index (χ0n) is 12.1. The number of nitrogens with two attached hydrogens (primary N) is 1. The van der Waals surface area contributed by atoms with Crippen molar-refractivity contribution in [2.45, 2.75) is 26.3 Å². The minimum atomic E-state index is -0.120. The number of aromatic nitrogens is 1. The first-order valence-corrected chi connectivity index (χ1v) is 7.76. The van der Waals surface area contributed by atoms with Crippen molar-refractivity contribution in [2.24, 2.45) is 5.73 Å². The summed E-state index contributed by atoms with van der Waals surface area (Å²) in [6, 6.07) is 12.0. The Hall–Kier alpha value is -1.91. The van der Waals surface area contributed by atoms with Gasteiger partial charge < -0.3 is 10.8 Å². The van der Waals surface area contributed by atoms with Gasteiger partial charge in [-0.3, -0.25) is 0 Å². The first kappa shape index (κ1) is 14.0. The van der Waals surface area contributed by atoms with Gasteiger partial charge in [0.15, 0.2) is 0 Å². The molecule has 1 aromatic heterocycles. The number of phenolic OH excluding ortho intramolecular Hbond substituents is 1. The number of nitrogens with zero attached hydrogens (tertiary/aromatic N) is 1. The van der Waals surface area contributed by atoms with Crippen molar-refractivity contribution in [1.29, 1.82) is 0 Å². The Kier molecular flexibility index (Phi) is 3.66. The van der Waals surface area contributed by atoms with Gasteiger partial charge in [0.25, 0.3) is 0 Å². The highest BCUT2D eigenvalue weighted by Gasteiger charge is 2.14. The molecule has 0 fully saturated rings. The molecule has 2 aromatic carbocycles. The number of benzene rings is 2. The van der Waals surface area contributed by atoms with Gasteiger partial charge in [-0.25, -0.2) is 4.98 Å². The standard InChI is InChI=1S/C17H18N2OS/c1-10-7-12(8-11(2)16(10)20)9-13(18)17-19-14-5-3-4-6-15(14)21-17/h3-8,13,20H,9,18H2,1-2H3. The largest absolute Gasteiger partial charge is 0.507 e. The van der Waals surface area contributed by atoms with Crippen LogP contribution in [0.2, 0.25) is 0 Å². The number of aryl methyl sites for hydroxylation is 2. The molecule has 0 spiro atoms. The van der Waals surface area contributed by atoms with Crippen LogP contribution in [0.3, 0.4) is 0 Å². The second kappa shape index (κ2) is 5.47. The molecule has 4 heteroatoms. The monoisotopic (exact) mass is 298 g/mol. The minimum absolute atomic E-state index is 0.120. The van der Waals surface area contributed by atoms with E-state index in [1.165, 1.54) is 4.70 Å². The number of phenols is 1. The molecule has 3 N–H and O–H groups in total. The molecule has 0 aliphatic carbocycles. The highest BCUT2D eigenvalue weighted by atomic mass is 32.1. The molecule has 0 bridgehead atoms. The lowest BCUT2D eigenvalue weighted by molar-refractivity contribution is 0.466. The van der Waals surface area contributed by atoms with Crippen molar-refractivity contribution < 1.29 is 5.11 Å². The van der Waals surface area contributed by atoms with Crippen molar-refractivity contribution in [1.82, 2.24) is 4.98 Å². The fraction of sp³-hybridized carbons (Fsp3) is 0.235. The van der Waals surface area contributed by atoms with E-state index in [-0.39, 0.29) is 6.04 Å². The molecule has 108 valence electrons. The van der Waals surface area contributed by atoms with E-state index in [2.05, 4.69) is 11.1 Å². The third-order valence-electron chi connectivity index (χ3n) is 3.63. The van der Waals surface area contributed by atoms with Crippen LogP contribution in [0.1, 0.15) is 27.7 Å². The van der Waals surface area contributed by atoms with E-state index >= 15 is 0 Å². The van der Waals surface area contributed by atoms with E-state index < -0.39 is 0 Å². The molecule has 3 nitrogen and oxygen atoms in total. The van der Waals surface area contributed by atoms with Crippen LogP contribution in [-0.4, -0.2) is 10.1 Å². The summed E-state index contributed by atoms with van der Waals surface area (Å²) in [5, 5.41) is 10.8. The summed E-state index contributed by atoms with van der Waals surface area (Å²) in [6.45, 7) is 3.82. The van der Waals surface area contributed by atoms with Crippen molar-refractivity contribution in [3.05, 3.63) is 58.1 Å². The molecule has 0 radical (unpaired) electrons. The summed E-state index contributed by atoms with van der Waals surface area (Å²) in [6.07, 6.45) is 0.724. The topological polar surface area (TPSA) is 59.1 Å². The van der Waals surface area contributed by atoms with Gasteiger partial charge in [-0.1, -0.05) is 24.3 Å². The summed E-state index contributed by atoms with van der Waals surface area (Å²) in [5.41, 5.74) is 10.2. The summed E-state index contributed by atoms with van der Waals surface area (Å²) in [7, 11) is 0. The normalized spacial score (nSPS) is 12.7. The van der Waals surface area contributed by atoms with Gasteiger partial charge >= 0.3 is 0 Å². The first-order valence-electron chi connectivity index (χ1n) is 6.94. The van der Waals surface area contributed by atoms with Crippen LogP contribution in [0, 0.1) is 13.8 Å². The van der Waals surface area contributed by atoms with E-state index in [1.807, 2.05) is 44.2 Å². The summed E-state index contributed by atoms with van der Waals surface area (Å²) < 4.78 is 1.17. The van der Waals surface area contributed by atoms with Crippen LogP contribution >= 0.6 is 11.3 Å². The second-order valence-electron chi connectivity index (χ2n) is 5.41. The predicted molar refractivity (Wildman–Crippen MR) is 87.8 cm³/mol. The molecule has 1 unspecified atom stereocenters. The lowest BCUT2D eigenvalue weighted by Gasteiger charge is -2.11. The maximum atomic E-state index is 9.84. The van der Waals surface area contributed by atoms with Crippen molar-refractivity contribution in [2.75, 3.05) is 0 Å². The van der Waals surface area contributed by atoms with Gasteiger partial charge in [-0.15, -0.1) is 11.3 Å². The smallest absolute Gasteiger partial charge is 0.121 e. The third-order valence-corrected chi connectivity index (χ3v) is 4.80. The number of para-hydroxylation sites is 1. The van der Waals surface area contributed by atoms with Gasteiger partial charge in [0.2, 0.25) is 0 Å². The maximum Gasteiger partial charge on any atom is 0.121 e. The molecule has 3 rings (SSSR count). The Morgan fingerprint density at radius 3 is 2.52 bits per heavy atom. The fourth-order valence-corrected chi connectivity index (χ4v) is 3.52. The first-order chi connectivity index (χ1) is 10.0. The van der Waals surface area contributed by atoms with Gasteiger partial charge in [-0.2, -0.15) is 0 Å². The van der Waals surface area contributed by atoms with Gasteiger partial charge in [0.05, 0.1) is 16.3 Å². The zero-order valence-corrected chi connectivity index (χ0v) is 12.9. The van der Waals surface area contributed by atoms with Crippen molar-refractivity contribution in [3.63, 3.8) is 0 Å². The molecule has 0 aliphatic heterocycles. The summed E-state index contributed by atoms with van der Waals surface area (Å²) in [4.78, 5) is 4.62. The number of aromatic hydroxyl groups is 1. The molecule has 0 saturated heterocycles. The number of hydrogen-bond acceptors (Lipinski definition) is 4. The SMILES string of the molecule is Cc1cc(CC(N)c2nc3ccccc3s2)cc(C)c1O. The van der Waals surface area contributed by atoms with Crippen molar-refractivity contribution >= 4 is 21.6 Å². The molecule has 0 amide bonds. The van der Waals surface area contributed by atoms with Crippen LogP contribution in [0.15, 0.2) is 36.4 Å². The van der Waals surface area contributed by atoms with Crippen LogP contribution < -0.4 is 5.73 Å². The average Bonchev–Trinajstić information content (AvgIpc) is 2.88. The Balaban J connectivity index is 1.87. The average molecular weight is 298 g/mol. The van der Waals surface area contributed by atoms with E-state index in [0.29, 0.717) is 5.75 Å². The van der Waals surface area contributed by atoms with Gasteiger partial charge in [-0.05, 0) is 49.1 Å². The summed E-state index contributed by atoms with van der Waals surface area (Å²) >= 11 is 1.65. The molecule has 21 heavy (non-hydrogen) atoms. The number of thiazole rings is 1. The maximum absolute atomic E-state index is 9.84. The van der Waals surface area contributed by atoms with E-state index in [4.69, 9.17) is 5.73 Å². The highest BCUT2D eigenvalue weighted by molar-refractivity contribution is 7.18. The van der Waals surface area contributed by atoms with Crippen molar-refractivity contribution in [3.8, 4) is 5.75 Å². The highest BCUT2D eigenvalue weighted by Crippen LogP contribution is 2.29. The van der Waals surface area contributed by atoms with E-state index in [1.54, 1.807) is 11.3 Å². The molecule has 0 aliphatic rings. The lowest BCUT2D eigenvalue weighted by Crippen LogP contribution is -2.13. The lowest BCUT2D eigenvalue weighted by atomic mass is 10.0. The van der Waals surface area contributed by atoms with Gasteiger partial charge in [0.1, 0.15) is 10.8 Å². The fourth-order valence-electron chi connectivity index (χ4n) is 2.55. The second-order valence-corrected chi connectivity index (χ2v) is 6.47. The Labute approximate surface area is 128 Å². The molecule has 1 atom stereocenters. The number of hydrogen-bond donors (Lipinski definition) is 2. The molecular weight excluding hydrogens is 280 g/mol. The molecule has 3 aromatic rings. The molecule has 1 heterocycles. The van der Waals surface area contributed by atoms with Crippen LogP contribution in [0.4, 0.5) is 0 Å². The van der Waals surface area contributed by atoms with Crippen LogP contribution in [0.5, 0.6) is 5.75 Å². The predicted octanol–water partition coefficient (Wildman–Crippen LogP) is 3.86. The Morgan fingerprint density at radius 1 is 1.19 bits per heavy atom.